The number of amides is 1. The van der Waals surface area contributed by atoms with Crippen molar-refractivity contribution in [3.8, 4) is 6.07 Å². The lowest BCUT2D eigenvalue weighted by Gasteiger charge is -2.16. The van der Waals surface area contributed by atoms with Gasteiger partial charge in [0.15, 0.2) is 15.9 Å². The van der Waals surface area contributed by atoms with E-state index >= 15 is 0 Å². The van der Waals surface area contributed by atoms with Crippen LogP contribution in [-0.4, -0.2) is 43.9 Å². The minimum atomic E-state index is -3.09. The molecule has 2 rings (SSSR count). The Labute approximate surface area is 134 Å². The van der Waals surface area contributed by atoms with Gasteiger partial charge in [-0.3, -0.25) is 4.79 Å². The topological polar surface area (TPSA) is 113 Å². The molecule has 8 heteroatoms. The number of nitriles is 1. The van der Waals surface area contributed by atoms with Gasteiger partial charge in [0.25, 0.3) is 5.91 Å². The maximum Gasteiger partial charge on any atom is 0.338 e. The van der Waals surface area contributed by atoms with E-state index in [1.165, 1.54) is 19.1 Å². The summed E-state index contributed by atoms with van der Waals surface area (Å²) in [5.41, 5.74) is 0.486. The average molecular weight is 336 g/mol. The van der Waals surface area contributed by atoms with Crippen LogP contribution in [0.2, 0.25) is 0 Å². The number of benzene rings is 1. The van der Waals surface area contributed by atoms with Gasteiger partial charge in [-0.1, -0.05) is 6.07 Å². The molecular weight excluding hydrogens is 320 g/mol. The van der Waals surface area contributed by atoms with Gasteiger partial charge >= 0.3 is 5.97 Å². The first-order valence-electron chi connectivity index (χ1n) is 7.02. The molecule has 0 saturated carbocycles. The molecule has 1 heterocycles. The standard InChI is InChI=1S/C15H16N2O5S/c1-10(14(18)17-13-5-6-23(20,21)9-13)22-15(19)12-4-2-3-11(7-12)8-16/h2-4,7,10,13H,5-6,9H2,1H3,(H,17,18)/t10-,13+/m0/s1. The smallest absolute Gasteiger partial charge is 0.338 e. The minimum Gasteiger partial charge on any atom is -0.449 e. The fourth-order valence-corrected chi connectivity index (χ4v) is 3.90. The van der Waals surface area contributed by atoms with E-state index in [2.05, 4.69) is 5.32 Å². The van der Waals surface area contributed by atoms with Crippen molar-refractivity contribution < 1.29 is 22.7 Å². The van der Waals surface area contributed by atoms with Crippen LogP contribution in [0.1, 0.15) is 29.3 Å². The van der Waals surface area contributed by atoms with Crippen molar-refractivity contribution in [3.05, 3.63) is 35.4 Å². The van der Waals surface area contributed by atoms with Crippen molar-refractivity contribution in [2.24, 2.45) is 0 Å². The van der Waals surface area contributed by atoms with Gasteiger partial charge < -0.3 is 10.1 Å². The predicted molar refractivity (Wildman–Crippen MR) is 81.2 cm³/mol. The highest BCUT2D eigenvalue weighted by molar-refractivity contribution is 7.91. The molecular formula is C15H16N2O5S. The Kier molecular flexibility index (Phi) is 5.01. The molecule has 1 amide bonds. The second-order valence-electron chi connectivity index (χ2n) is 5.35. The van der Waals surface area contributed by atoms with Gasteiger partial charge in [0, 0.05) is 6.04 Å². The molecule has 0 aliphatic carbocycles. The fraction of sp³-hybridized carbons (Fsp3) is 0.400. The van der Waals surface area contributed by atoms with Crippen LogP contribution in [0, 0.1) is 11.3 Å². The van der Waals surface area contributed by atoms with E-state index in [0.717, 1.165) is 0 Å². The third-order valence-corrected chi connectivity index (χ3v) is 5.23. The summed E-state index contributed by atoms with van der Waals surface area (Å²) in [5, 5.41) is 11.4. The van der Waals surface area contributed by atoms with Crippen LogP contribution in [0.5, 0.6) is 0 Å². The monoisotopic (exact) mass is 336 g/mol. The minimum absolute atomic E-state index is 0.0487. The van der Waals surface area contributed by atoms with Gasteiger partial charge in [0.1, 0.15) is 0 Å². The Morgan fingerprint density at radius 1 is 1.43 bits per heavy atom. The zero-order valence-electron chi connectivity index (χ0n) is 12.5. The molecule has 23 heavy (non-hydrogen) atoms. The largest absolute Gasteiger partial charge is 0.449 e. The van der Waals surface area contributed by atoms with E-state index in [1.807, 2.05) is 6.07 Å². The third-order valence-electron chi connectivity index (χ3n) is 3.46. The number of hydrogen-bond acceptors (Lipinski definition) is 6. The molecule has 1 aliphatic rings. The molecule has 1 saturated heterocycles. The molecule has 1 aromatic rings. The quantitative estimate of drug-likeness (QED) is 0.797. The second-order valence-corrected chi connectivity index (χ2v) is 7.58. The Morgan fingerprint density at radius 2 is 2.17 bits per heavy atom. The van der Waals surface area contributed by atoms with Crippen LogP contribution in [0.15, 0.2) is 24.3 Å². The number of rotatable bonds is 4. The molecule has 1 N–H and O–H groups in total. The molecule has 0 radical (unpaired) electrons. The van der Waals surface area contributed by atoms with Crippen molar-refractivity contribution in [3.63, 3.8) is 0 Å². The summed E-state index contributed by atoms with van der Waals surface area (Å²) in [6.07, 6.45) is -0.699. The lowest BCUT2D eigenvalue weighted by Crippen LogP contribution is -2.42. The van der Waals surface area contributed by atoms with E-state index in [1.54, 1.807) is 12.1 Å². The second kappa shape index (κ2) is 6.79. The van der Waals surface area contributed by atoms with Crippen LogP contribution >= 0.6 is 0 Å². The van der Waals surface area contributed by atoms with Crippen LogP contribution in [-0.2, 0) is 19.4 Å². The van der Waals surface area contributed by atoms with Crippen molar-refractivity contribution in [2.45, 2.75) is 25.5 Å². The summed E-state index contributed by atoms with van der Waals surface area (Å²) in [6, 6.07) is 7.41. The Bertz CT molecular complexity index is 766. The van der Waals surface area contributed by atoms with Gasteiger partial charge in [-0.15, -0.1) is 0 Å². The highest BCUT2D eigenvalue weighted by Gasteiger charge is 2.30. The fourth-order valence-electron chi connectivity index (χ4n) is 2.23. The summed E-state index contributed by atoms with van der Waals surface area (Å²) in [4.78, 5) is 23.9. The van der Waals surface area contributed by atoms with Crippen molar-refractivity contribution in [2.75, 3.05) is 11.5 Å². The Balaban J connectivity index is 1.93. The molecule has 0 unspecified atom stereocenters. The molecule has 0 bridgehead atoms. The summed E-state index contributed by atoms with van der Waals surface area (Å²) >= 11 is 0. The third kappa shape index (κ3) is 4.53. The maximum atomic E-state index is 12.0. The number of sulfone groups is 1. The number of ether oxygens (including phenoxy) is 1. The van der Waals surface area contributed by atoms with Crippen molar-refractivity contribution in [1.29, 1.82) is 5.26 Å². The normalized spacial score (nSPS) is 20.3. The molecule has 122 valence electrons. The van der Waals surface area contributed by atoms with Crippen molar-refractivity contribution >= 4 is 21.7 Å². The van der Waals surface area contributed by atoms with E-state index in [-0.39, 0.29) is 17.1 Å². The van der Waals surface area contributed by atoms with Crippen molar-refractivity contribution in [1.82, 2.24) is 5.32 Å². The number of carbonyl (C=O) groups is 2. The zero-order chi connectivity index (χ0) is 17.0. The molecule has 1 fully saturated rings. The maximum absolute atomic E-state index is 12.0. The Morgan fingerprint density at radius 3 is 2.78 bits per heavy atom. The van der Waals surface area contributed by atoms with Gasteiger partial charge in [0.2, 0.25) is 0 Å². The van der Waals surface area contributed by atoms with Crippen LogP contribution < -0.4 is 5.32 Å². The predicted octanol–water partition coefficient (Wildman–Crippen LogP) is 0.407. The first-order valence-corrected chi connectivity index (χ1v) is 8.85. The number of esters is 1. The average Bonchev–Trinajstić information content (AvgIpc) is 2.85. The summed E-state index contributed by atoms with van der Waals surface area (Å²) in [5.74, 6) is -1.31. The van der Waals surface area contributed by atoms with Gasteiger partial charge in [-0.05, 0) is 31.5 Å². The molecule has 7 nitrogen and oxygen atoms in total. The van der Waals surface area contributed by atoms with Crippen LogP contribution in [0.3, 0.4) is 0 Å². The molecule has 2 atom stereocenters. The lowest BCUT2D eigenvalue weighted by molar-refractivity contribution is -0.129. The number of hydrogen-bond donors (Lipinski definition) is 1. The van der Waals surface area contributed by atoms with E-state index in [9.17, 15) is 18.0 Å². The lowest BCUT2D eigenvalue weighted by atomic mass is 10.1. The molecule has 1 aromatic carbocycles. The van der Waals surface area contributed by atoms with Crippen LogP contribution in [0.25, 0.3) is 0 Å². The molecule has 1 aliphatic heterocycles. The molecule has 0 spiro atoms. The van der Waals surface area contributed by atoms with E-state index in [4.69, 9.17) is 10.00 Å². The SMILES string of the molecule is C[C@H](OC(=O)c1cccc(C#N)c1)C(=O)N[C@@H]1CCS(=O)(=O)C1. The summed E-state index contributed by atoms with van der Waals surface area (Å²) < 4.78 is 27.8. The van der Waals surface area contributed by atoms with Gasteiger partial charge in [0.05, 0.1) is 28.7 Å². The highest BCUT2D eigenvalue weighted by atomic mass is 32.2. The first-order chi connectivity index (χ1) is 10.8. The summed E-state index contributed by atoms with van der Waals surface area (Å²) in [6.45, 7) is 1.41. The number of carbonyl (C=O) groups excluding carboxylic acids is 2. The molecule has 0 aromatic heterocycles. The number of nitrogens with zero attached hydrogens (tertiary/aromatic N) is 1. The van der Waals surface area contributed by atoms with Gasteiger partial charge in [-0.2, -0.15) is 5.26 Å². The van der Waals surface area contributed by atoms with Gasteiger partial charge in [-0.25, -0.2) is 13.2 Å². The first kappa shape index (κ1) is 17.0. The highest BCUT2D eigenvalue weighted by Crippen LogP contribution is 2.12. The Hall–Kier alpha value is -2.40. The summed E-state index contributed by atoms with van der Waals surface area (Å²) in [7, 11) is -3.09. The number of nitrogens with one attached hydrogen (secondary N) is 1. The zero-order valence-corrected chi connectivity index (χ0v) is 13.3. The van der Waals surface area contributed by atoms with E-state index in [0.29, 0.717) is 12.0 Å². The van der Waals surface area contributed by atoms with Crippen LogP contribution in [0.4, 0.5) is 0 Å². The van der Waals surface area contributed by atoms with E-state index < -0.39 is 33.9 Å².